The fraction of sp³-hybridized carbons (Fsp3) is 0.696. The lowest BCUT2D eigenvalue weighted by molar-refractivity contribution is -0.143. The molecule has 0 radical (unpaired) electrons. The summed E-state index contributed by atoms with van der Waals surface area (Å²) in [6.45, 7) is 16.8. The van der Waals surface area contributed by atoms with Crippen LogP contribution in [0.15, 0.2) is 11.8 Å². The van der Waals surface area contributed by atoms with Gasteiger partial charge in [0.25, 0.3) is 5.91 Å². The second-order valence-electron chi connectivity index (χ2n) is 10.3. The van der Waals surface area contributed by atoms with Gasteiger partial charge in [0.1, 0.15) is 28.5 Å². The number of imide groups is 2. The van der Waals surface area contributed by atoms with Crippen LogP contribution in [0.4, 0.5) is 14.4 Å². The Kier molecular flexibility index (Phi) is 10.3. The van der Waals surface area contributed by atoms with Gasteiger partial charge in [-0.25, -0.2) is 24.1 Å². The van der Waals surface area contributed by atoms with Gasteiger partial charge in [-0.2, -0.15) is 4.90 Å². The van der Waals surface area contributed by atoms with Crippen molar-refractivity contribution in [2.24, 2.45) is 0 Å². The van der Waals surface area contributed by atoms with Gasteiger partial charge >= 0.3 is 24.2 Å². The molecule has 0 aliphatic rings. The Morgan fingerprint density at radius 1 is 0.706 bits per heavy atom. The van der Waals surface area contributed by atoms with E-state index in [1.54, 1.807) is 62.3 Å². The number of rotatable bonds is 4. The fourth-order valence-electron chi connectivity index (χ4n) is 2.37. The van der Waals surface area contributed by atoms with Gasteiger partial charge in [0, 0.05) is 0 Å². The molecule has 34 heavy (non-hydrogen) atoms. The number of carbonyl (C=O) groups is 5. The van der Waals surface area contributed by atoms with E-state index in [0.717, 1.165) is 7.11 Å². The van der Waals surface area contributed by atoms with Crippen LogP contribution >= 0.6 is 0 Å². The molecule has 1 atom stereocenters. The minimum atomic E-state index is -1.63. The van der Waals surface area contributed by atoms with E-state index in [0.29, 0.717) is 9.80 Å². The molecule has 194 valence electrons. The third kappa shape index (κ3) is 9.80. The third-order valence-corrected chi connectivity index (χ3v) is 3.63. The van der Waals surface area contributed by atoms with Crippen molar-refractivity contribution in [3.05, 3.63) is 11.8 Å². The van der Waals surface area contributed by atoms with Gasteiger partial charge in [0.05, 0.1) is 7.11 Å². The molecule has 11 nitrogen and oxygen atoms in total. The maximum atomic E-state index is 13.5. The standard InChI is InChI=1S/C23H38N2O9/c1-13-15(17(27)31-12)25(20(30)34-23(9,10)11)16(26)14(2)24(18(28)32-21(3,4)5)19(29)33-22(6,7)8/h13-14H,1-12H3/b15-13-/t14-/m0/s1. The smallest absolute Gasteiger partial charge is 0.422 e. The van der Waals surface area contributed by atoms with Crippen molar-refractivity contribution in [2.75, 3.05) is 7.11 Å². The van der Waals surface area contributed by atoms with E-state index in [1.807, 2.05) is 0 Å². The summed E-state index contributed by atoms with van der Waals surface area (Å²) in [5.41, 5.74) is -3.50. The zero-order valence-electron chi connectivity index (χ0n) is 22.2. The average molecular weight is 487 g/mol. The maximum Gasteiger partial charge on any atom is 0.422 e. The Hall–Kier alpha value is -3.11. The average Bonchev–Trinajstić information content (AvgIpc) is 2.60. The molecule has 0 aliphatic carbocycles. The van der Waals surface area contributed by atoms with Gasteiger partial charge in [-0.05, 0) is 76.2 Å². The zero-order chi connectivity index (χ0) is 27.2. The molecule has 0 aromatic rings. The lowest BCUT2D eigenvalue weighted by atomic mass is 10.2. The molecule has 0 saturated heterocycles. The van der Waals surface area contributed by atoms with Crippen LogP contribution in [0.25, 0.3) is 0 Å². The van der Waals surface area contributed by atoms with Gasteiger partial charge < -0.3 is 18.9 Å². The monoisotopic (exact) mass is 486 g/mol. The van der Waals surface area contributed by atoms with Crippen molar-refractivity contribution >= 4 is 30.2 Å². The summed E-state index contributed by atoms with van der Waals surface area (Å²) < 4.78 is 20.5. The molecule has 0 saturated carbocycles. The molecule has 0 aromatic heterocycles. The lowest BCUT2D eigenvalue weighted by Crippen LogP contribution is -2.56. The Morgan fingerprint density at radius 3 is 1.35 bits per heavy atom. The minimum absolute atomic E-state index is 0.420. The molecular weight excluding hydrogens is 448 g/mol. The minimum Gasteiger partial charge on any atom is -0.464 e. The van der Waals surface area contributed by atoms with Crippen LogP contribution in [-0.4, -0.2) is 69.9 Å². The Balaban J connectivity index is 6.55. The van der Waals surface area contributed by atoms with E-state index in [4.69, 9.17) is 14.2 Å². The van der Waals surface area contributed by atoms with Crippen LogP contribution in [0.3, 0.4) is 0 Å². The molecule has 4 amide bonds. The third-order valence-electron chi connectivity index (χ3n) is 3.63. The molecule has 0 heterocycles. The summed E-state index contributed by atoms with van der Waals surface area (Å²) in [6, 6.07) is -1.63. The topological polar surface area (TPSA) is 129 Å². The highest BCUT2D eigenvalue weighted by Gasteiger charge is 2.43. The van der Waals surface area contributed by atoms with Gasteiger partial charge in [0.2, 0.25) is 0 Å². The molecule has 0 rings (SSSR count). The number of allylic oxidation sites excluding steroid dienone is 1. The van der Waals surface area contributed by atoms with Crippen LogP contribution in [-0.2, 0) is 28.5 Å². The zero-order valence-corrected chi connectivity index (χ0v) is 22.2. The van der Waals surface area contributed by atoms with Gasteiger partial charge in [-0.1, -0.05) is 6.08 Å². The first-order valence-electron chi connectivity index (χ1n) is 10.7. The van der Waals surface area contributed by atoms with E-state index in [2.05, 4.69) is 4.74 Å². The van der Waals surface area contributed by atoms with Crippen molar-refractivity contribution in [3.63, 3.8) is 0 Å². The number of hydrogen-bond donors (Lipinski definition) is 0. The second-order valence-corrected chi connectivity index (χ2v) is 10.3. The van der Waals surface area contributed by atoms with Crippen LogP contribution in [0.5, 0.6) is 0 Å². The molecule has 0 aliphatic heterocycles. The molecule has 0 N–H and O–H groups in total. The number of esters is 1. The molecule has 0 unspecified atom stereocenters. The first kappa shape index (κ1) is 30.9. The number of ether oxygens (including phenoxy) is 4. The first-order chi connectivity index (χ1) is 15.1. The van der Waals surface area contributed by atoms with Crippen LogP contribution in [0.1, 0.15) is 76.2 Å². The van der Waals surface area contributed by atoms with Crippen LogP contribution in [0.2, 0.25) is 0 Å². The molecule has 0 fully saturated rings. The molecule has 11 heteroatoms. The van der Waals surface area contributed by atoms with Gasteiger partial charge in [0.15, 0.2) is 0 Å². The van der Waals surface area contributed by atoms with Crippen molar-refractivity contribution in [1.29, 1.82) is 0 Å². The number of methoxy groups -OCH3 is 1. The summed E-state index contributed by atoms with van der Waals surface area (Å²) in [4.78, 5) is 65.4. The SMILES string of the molecule is C/C=C(/C(=O)OC)N(C(=O)OC(C)(C)C)C(=O)[C@H](C)N(C(=O)OC(C)(C)C)C(=O)OC(C)(C)C. The highest BCUT2D eigenvalue weighted by Crippen LogP contribution is 2.21. The first-order valence-corrected chi connectivity index (χ1v) is 10.7. The molecule has 0 spiro atoms. The predicted molar refractivity (Wildman–Crippen MR) is 123 cm³/mol. The summed E-state index contributed by atoms with van der Waals surface area (Å²) in [5, 5.41) is 0. The molecular formula is C23H38N2O9. The normalized spacial score (nSPS) is 13.4. The van der Waals surface area contributed by atoms with E-state index < -0.39 is 58.7 Å². The van der Waals surface area contributed by atoms with E-state index >= 15 is 0 Å². The summed E-state index contributed by atoms with van der Waals surface area (Å²) >= 11 is 0. The summed E-state index contributed by atoms with van der Waals surface area (Å²) in [7, 11) is 1.07. The van der Waals surface area contributed by atoms with Crippen molar-refractivity contribution in [1.82, 2.24) is 9.80 Å². The Morgan fingerprint density at radius 2 is 1.06 bits per heavy atom. The Bertz CT molecular complexity index is 799. The van der Waals surface area contributed by atoms with Gasteiger partial charge in [-0.3, -0.25) is 4.79 Å². The van der Waals surface area contributed by atoms with Crippen molar-refractivity contribution < 1.29 is 42.9 Å². The molecule has 0 aromatic carbocycles. The van der Waals surface area contributed by atoms with E-state index in [1.165, 1.54) is 19.9 Å². The summed E-state index contributed by atoms with van der Waals surface area (Å²) in [5.74, 6) is -2.13. The van der Waals surface area contributed by atoms with Gasteiger partial charge in [-0.15, -0.1) is 0 Å². The number of hydrogen-bond acceptors (Lipinski definition) is 9. The lowest BCUT2D eigenvalue weighted by Gasteiger charge is -2.33. The predicted octanol–water partition coefficient (Wildman–Crippen LogP) is 4.39. The van der Waals surface area contributed by atoms with Crippen LogP contribution < -0.4 is 0 Å². The highest BCUT2D eigenvalue weighted by molar-refractivity contribution is 6.06. The largest absolute Gasteiger partial charge is 0.464 e. The quantitative estimate of drug-likeness (QED) is 0.323. The van der Waals surface area contributed by atoms with Crippen molar-refractivity contribution in [3.8, 4) is 0 Å². The fourth-order valence-corrected chi connectivity index (χ4v) is 2.37. The Labute approximate surface area is 201 Å². The van der Waals surface area contributed by atoms with Crippen molar-refractivity contribution in [2.45, 2.75) is 99.0 Å². The van der Waals surface area contributed by atoms with E-state index in [-0.39, 0.29) is 0 Å². The molecule has 0 bridgehead atoms. The second kappa shape index (κ2) is 11.3. The maximum absolute atomic E-state index is 13.5. The number of amides is 4. The highest BCUT2D eigenvalue weighted by atomic mass is 16.6. The van der Waals surface area contributed by atoms with Crippen LogP contribution in [0, 0.1) is 0 Å². The number of carbonyl (C=O) groups excluding carboxylic acids is 5. The summed E-state index contributed by atoms with van der Waals surface area (Å²) in [6.07, 6.45) is -2.37. The van der Waals surface area contributed by atoms with E-state index in [9.17, 15) is 24.0 Å². The number of nitrogens with zero attached hydrogens (tertiary/aromatic N) is 2.